The van der Waals surface area contributed by atoms with Gasteiger partial charge in [-0.3, -0.25) is 5.10 Å². The number of hydrogen-bond donors (Lipinski definition) is 1. The Labute approximate surface area is 115 Å². The molecule has 0 spiro atoms. The summed E-state index contributed by atoms with van der Waals surface area (Å²) in [6.45, 7) is 3.52. The van der Waals surface area contributed by atoms with Crippen molar-refractivity contribution in [3.63, 3.8) is 0 Å². The van der Waals surface area contributed by atoms with Crippen molar-refractivity contribution in [3.8, 4) is 0 Å². The molecule has 1 heterocycles. The van der Waals surface area contributed by atoms with Gasteiger partial charge in [0.05, 0.1) is 12.3 Å². The van der Waals surface area contributed by atoms with Crippen molar-refractivity contribution >= 4 is 25.7 Å². The second-order valence-electron chi connectivity index (χ2n) is 3.84. The predicted molar refractivity (Wildman–Crippen MR) is 67.8 cm³/mol. The molecular formula is C10H15ClN2O5S. The fraction of sp³-hybridized carbons (Fsp3) is 0.600. The van der Waals surface area contributed by atoms with Crippen molar-refractivity contribution in [2.45, 2.75) is 31.3 Å². The highest BCUT2D eigenvalue weighted by molar-refractivity contribution is 8.13. The Morgan fingerprint density at radius 2 is 2.16 bits per heavy atom. The molecule has 1 N–H and O–H groups in total. The molecule has 1 atom stereocenters. The third kappa shape index (κ3) is 3.92. The van der Waals surface area contributed by atoms with Gasteiger partial charge in [-0.25, -0.2) is 13.2 Å². The summed E-state index contributed by atoms with van der Waals surface area (Å²) in [6, 6.07) is 0. The van der Waals surface area contributed by atoms with Crippen LogP contribution in [-0.4, -0.2) is 44.4 Å². The molecule has 0 aliphatic rings. The number of nitrogens with one attached hydrogen (secondary N) is 1. The number of rotatable bonds is 6. The first kappa shape index (κ1) is 15.9. The van der Waals surface area contributed by atoms with Crippen LogP contribution in [0, 0.1) is 0 Å². The van der Waals surface area contributed by atoms with E-state index in [1.807, 2.05) is 0 Å². The normalized spacial score (nSPS) is 13.3. The van der Waals surface area contributed by atoms with Crippen molar-refractivity contribution in [1.82, 2.24) is 10.2 Å². The molecular weight excluding hydrogens is 296 g/mol. The van der Waals surface area contributed by atoms with E-state index in [0.29, 0.717) is 6.42 Å². The highest BCUT2D eigenvalue weighted by Gasteiger charge is 2.29. The summed E-state index contributed by atoms with van der Waals surface area (Å²) in [5.74, 6) is -0.861. The van der Waals surface area contributed by atoms with Crippen LogP contribution in [-0.2, 0) is 24.9 Å². The van der Waals surface area contributed by atoms with Crippen LogP contribution in [0.15, 0.2) is 4.90 Å². The van der Waals surface area contributed by atoms with Gasteiger partial charge in [0.15, 0.2) is 5.69 Å². The number of aryl methyl sites for hydroxylation is 1. The quantitative estimate of drug-likeness (QED) is 0.624. The summed E-state index contributed by atoms with van der Waals surface area (Å²) in [6.07, 6.45) is -0.181. The van der Waals surface area contributed by atoms with Crippen LogP contribution in [0.3, 0.4) is 0 Å². The molecule has 0 aliphatic carbocycles. The molecule has 0 aliphatic heterocycles. The van der Waals surface area contributed by atoms with Gasteiger partial charge in [0, 0.05) is 17.8 Å². The standard InChI is InChI=1S/C10H15ClN2O5S/c1-4-7-9(19(11,15)16)8(13-12-7)10(14)18-6(2)5-17-3/h6H,4-5H2,1-3H3,(H,12,13). The number of ether oxygens (including phenoxy) is 2. The van der Waals surface area contributed by atoms with Crippen LogP contribution in [0.2, 0.25) is 0 Å². The molecule has 19 heavy (non-hydrogen) atoms. The number of carbonyl (C=O) groups excluding carboxylic acids is 1. The average Bonchev–Trinajstić information content (AvgIpc) is 2.72. The molecule has 1 unspecified atom stereocenters. The zero-order valence-corrected chi connectivity index (χ0v) is 12.3. The largest absolute Gasteiger partial charge is 0.455 e. The molecule has 1 aromatic rings. The topological polar surface area (TPSA) is 98.3 Å². The average molecular weight is 311 g/mol. The number of methoxy groups -OCH3 is 1. The van der Waals surface area contributed by atoms with Gasteiger partial charge >= 0.3 is 5.97 Å². The first-order valence-electron chi connectivity index (χ1n) is 5.53. The Bertz CT molecular complexity index is 554. The minimum absolute atomic E-state index is 0.194. The Kier molecular flexibility index (Phi) is 5.33. The lowest BCUT2D eigenvalue weighted by Crippen LogP contribution is -2.21. The summed E-state index contributed by atoms with van der Waals surface area (Å²) >= 11 is 0. The van der Waals surface area contributed by atoms with Crippen molar-refractivity contribution in [1.29, 1.82) is 0 Å². The van der Waals surface area contributed by atoms with Crippen LogP contribution >= 0.6 is 10.7 Å². The summed E-state index contributed by atoms with van der Waals surface area (Å²) in [5.41, 5.74) is -0.0730. The zero-order valence-electron chi connectivity index (χ0n) is 10.8. The lowest BCUT2D eigenvalue weighted by molar-refractivity contribution is 0.0110. The van der Waals surface area contributed by atoms with Crippen LogP contribution in [0.25, 0.3) is 0 Å². The Balaban J connectivity index is 3.08. The van der Waals surface area contributed by atoms with E-state index in [0.717, 1.165) is 0 Å². The number of carbonyl (C=O) groups is 1. The third-order valence-electron chi connectivity index (χ3n) is 2.29. The van der Waals surface area contributed by atoms with Crippen LogP contribution in [0.4, 0.5) is 0 Å². The molecule has 0 saturated carbocycles. The van der Waals surface area contributed by atoms with Gasteiger partial charge in [0.25, 0.3) is 9.05 Å². The Hall–Kier alpha value is -1.12. The highest BCUT2D eigenvalue weighted by Crippen LogP contribution is 2.23. The monoisotopic (exact) mass is 310 g/mol. The molecule has 0 amide bonds. The van der Waals surface area contributed by atoms with E-state index in [9.17, 15) is 13.2 Å². The van der Waals surface area contributed by atoms with Crippen molar-refractivity contribution in [2.24, 2.45) is 0 Å². The van der Waals surface area contributed by atoms with E-state index in [2.05, 4.69) is 10.2 Å². The molecule has 0 aromatic carbocycles. The highest BCUT2D eigenvalue weighted by atomic mass is 35.7. The lowest BCUT2D eigenvalue weighted by Gasteiger charge is -2.11. The minimum Gasteiger partial charge on any atom is -0.455 e. The number of nitrogens with zero attached hydrogens (tertiary/aromatic N) is 1. The molecule has 9 heteroatoms. The summed E-state index contributed by atoms with van der Waals surface area (Å²) < 4.78 is 32.8. The van der Waals surface area contributed by atoms with E-state index < -0.39 is 21.1 Å². The fourth-order valence-electron chi connectivity index (χ4n) is 1.52. The maximum Gasteiger partial charge on any atom is 0.360 e. The summed E-state index contributed by atoms with van der Waals surface area (Å²) in [7, 11) is 2.69. The molecule has 0 radical (unpaired) electrons. The maximum atomic E-state index is 11.8. The third-order valence-corrected chi connectivity index (χ3v) is 3.68. The first-order valence-corrected chi connectivity index (χ1v) is 7.84. The van der Waals surface area contributed by atoms with E-state index in [-0.39, 0.29) is 22.9 Å². The minimum atomic E-state index is -4.08. The Morgan fingerprint density at radius 3 is 2.63 bits per heavy atom. The number of esters is 1. The SMILES string of the molecule is CCc1[nH]nc(C(=O)OC(C)COC)c1S(=O)(=O)Cl. The zero-order chi connectivity index (χ0) is 14.6. The van der Waals surface area contributed by atoms with Crippen molar-refractivity contribution < 1.29 is 22.7 Å². The number of hydrogen-bond acceptors (Lipinski definition) is 6. The fourth-order valence-corrected chi connectivity index (χ4v) is 2.86. The van der Waals surface area contributed by atoms with Gasteiger partial charge in [-0.1, -0.05) is 6.92 Å². The number of halogens is 1. The first-order chi connectivity index (χ1) is 8.81. The molecule has 0 fully saturated rings. The Morgan fingerprint density at radius 1 is 1.53 bits per heavy atom. The molecule has 7 nitrogen and oxygen atoms in total. The second-order valence-corrected chi connectivity index (χ2v) is 6.35. The number of H-pyrrole nitrogens is 1. The molecule has 108 valence electrons. The van der Waals surface area contributed by atoms with Crippen LogP contribution in [0.5, 0.6) is 0 Å². The van der Waals surface area contributed by atoms with Crippen LogP contribution in [0.1, 0.15) is 30.0 Å². The van der Waals surface area contributed by atoms with Gasteiger partial charge in [-0.2, -0.15) is 5.10 Å². The van der Waals surface area contributed by atoms with Gasteiger partial charge in [0.2, 0.25) is 0 Å². The van der Waals surface area contributed by atoms with E-state index >= 15 is 0 Å². The van der Waals surface area contributed by atoms with E-state index in [4.69, 9.17) is 20.2 Å². The second kappa shape index (κ2) is 6.36. The molecule has 1 rings (SSSR count). The van der Waals surface area contributed by atoms with Crippen molar-refractivity contribution in [2.75, 3.05) is 13.7 Å². The summed E-state index contributed by atoms with van der Waals surface area (Å²) in [5, 5.41) is 6.13. The van der Waals surface area contributed by atoms with Crippen molar-refractivity contribution in [3.05, 3.63) is 11.4 Å². The molecule has 1 aromatic heterocycles. The maximum absolute atomic E-state index is 11.8. The smallest absolute Gasteiger partial charge is 0.360 e. The summed E-state index contributed by atoms with van der Waals surface area (Å²) in [4.78, 5) is 11.5. The van der Waals surface area contributed by atoms with E-state index in [1.54, 1.807) is 13.8 Å². The van der Waals surface area contributed by atoms with Gasteiger partial charge in [-0.15, -0.1) is 0 Å². The number of aromatic nitrogens is 2. The molecule has 0 saturated heterocycles. The predicted octanol–water partition coefficient (Wildman–Crippen LogP) is 1.09. The lowest BCUT2D eigenvalue weighted by atomic mass is 10.3. The van der Waals surface area contributed by atoms with Gasteiger partial charge < -0.3 is 9.47 Å². The van der Waals surface area contributed by atoms with E-state index in [1.165, 1.54) is 7.11 Å². The number of aromatic amines is 1. The molecule has 0 bridgehead atoms. The van der Waals surface area contributed by atoms with Gasteiger partial charge in [-0.05, 0) is 13.3 Å². The van der Waals surface area contributed by atoms with Gasteiger partial charge in [0.1, 0.15) is 11.0 Å². The van der Waals surface area contributed by atoms with Crippen LogP contribution < -0.4 is 0 Å².